The quantitative estimate of drug-likeness (QED) is 0.654. The highest BCUT2D eigenvalue weighted by atomic mass is 19.3. The second-order valence-corrected chi connectivity index (χ2v) is 5.58. The van der Waals surface area contributed by atoms with Crippen LogP contribution in [0.5, 0.6) is 0 Å². The molecule has 108 valence electrons. The molecule has 0 radical (unpaired) electrons. The smallest absolute Gasteiger partial charge is 0.248 e. The second-order valence-electron chi connectivity index (χ2n) is 5.58. The third-order valence-electron chi connectivity index (χ3n) is 4.16. The van der Waals surface area contributed by atoms with Crippen molar-refractivity contribution in [3.8, 4) is 0 Å². The molecule has 0 amide bonds. The molecule has 1 aromatic heterocycles. The number of halogens is 2. The van der Waals surface area contributed by atoms with Crippen LogP contribution in [0.2, 0.25) is 0 Å². The van der Waals surface area contributed by atoms with E-state index in [9.17, 15) is 8.78 Å². The van der Waals surface area contributed by atoms with Gasteiger partial charge in [0, 0.05) is 37.2 Å². The minimum absolute atomic E-state index is 0.0180. The summed E-state index contributed by atoms with van der Waals surface area (Å²) in [4.78, 5) is 0. The van der Waals surface area contributed by atoms with Crippen molar-refractivity contribution in [2.24, 2.45) is 18.8 Å². The van der Waals surface area contributed by atoms with Gasteiger partial charge in [0.25, 0.3) is 0 Å². The number of hydrogen-bond acceptors (Lipinski definition) is 3. The predicted molar refractivity (Wildman–Crippen MR) is 69.5 cm³/mol. The molecule has 0 bridgehead atoms. The third-order valence-corrected chi connectivity index (χ3v) is 4.16. The molecule has 2 rings (SSSR count). The topological polar surface area (TPSA) is 55.9 Å². The van der Waals surface area contributed by atoms with Crippen molar-refractivity contribution >= 4 is 0 Å². The molecular weight excluding hydrogens is 250 g/mol. The van der Waals surface area contributed by atoms with E-state index in [1.165, 1.54) is 0 Å². The van der Waals surface area contributed by atoms with Gasteiger partial charge in [0.1, 0.15) is 0 Å². The molecule has 1 aromatic rings. The van der Waals surface area contributed by atoms with Gasteiger partial charge >= 0.3 is 0 Å². The summed E-state index contributed by atoms with van der Waals surface area (Å²) in [5.74, 6) is 3.10. The molecule has 4 nitrogen and oxygen atoms in total. The molecule has 1 fully saturated rings. The Morgan fingerprint density at radius 1 is 1.63 bits per heavy atom. The highest BCUT2D eigenvalue weighted by Gasteiger charge is 2.37. The van der Waals surface area contributed by atoms with Crippen molar-refractivity contribution in [2.45, 2.75) is 51.0 Å². The largest absolute Gasteiger partial charge is 0.273 e. The molecule has 0 saturated heterocycles. The van der Waals surface area contributed by atoms with E-state index in [0.29, 0.717) is 12.8 Å². The van der Waals surface area contributed by atoms with E-state index in [2.05, 4.69) is 10.5 Å². The van der Waals surface area contributed by atoms with Gasteiger partial charge in [-0.25, -0.2) is 8.78 Å². The molecule has 0 aliphatic heterocycles. The van der Waals surface area contributed by atoms with E-state index in [1.54, 1.807) is 10.9 Å². The normalized spacial score (nSPS) is 24.4. The van der Waals surface area contributed by atoms with Crippen molar-refractivity contribution < 1.29 is 8.78 Å². The number of hydrazine groups is 1. The van der Waals surface area contributed by atoms with Crippen LogP contribution in [0.3, 0.4) is 0 Å². The minimum atomic E-state index is -2.51. The number of aromatic nitrogens is 2. The summed E-state index contributed by atoms with van der Waals surface area (Å²) in [6.07, 6.45) is 3.86. The summed E-state index contributed by atoms with van der Waals surface area (Å²) in [5, 5.41) is 4.18. The van der Waals surface area contributed by atoms with E-state index in [-0.39, 0.29) is 24.8 Å². The van der Waals surface area contributed by atoms with Crippen molar-refractivity contribution in [1.29, 1.82) is 0 Å². The van der Waals surface area contributed by atoms with Crippen LogP contribution in [0, 0.1) is 12.8 Å². The molecule has 2 atom stereocenters. The molecule has 3 N–H and O–H groups in total. The SMILES string of the molecule is Cc1c(C(CC2CCCC(F)(F)C2)NN)cnn1C. The van der Waals surface area contributed by atoms with Crippen molar-refractivity contribution in [3.05, 3.63) is 17.5 Å². The molecule has 1 aliphatic rings. The fraction of sp³-hybridized carbons (Fsp3) is 0.769. The second kappa shape index (κ2) is 5.54. The summed E-state index contributed by atoms with van der Waals surface area (Å²) >= 11 is 0. The van der Waals surface area contributed by atoms with Gasteiger partial charge in [-0.15, -0.1) is 0 Å². The Balaban J connectivity index is 2.05. The van der Waals surface area contributed by atoms with Crippen LogP contribution in [0.15, 0.2) is 6.20 Å². The third kappa shape index (κ3) is 3.30. The summed E-state index contributed by atoms with van der Waals surface area (Å²) in [7, 11) is 1.86. The average molecular weight is 272 g/mol. The maximum Gasteiger partial charge on any atom is 0.248 e. The molecule has 2 unspecified atom stereocenters. The summed E-state index contributed by atoms with van der Waals surface area (Å²) in [6.45, 7) is 1.96. The zero-order valence-electron chi connectivity index (χ0n) is 11.5. The molecule has 19 heavy (non-hydrogen) atoms. The Hall–Kier alpha value is -1.01. The molecular formula is C13H22F2N4. The number of rotatable bonds is 4. The Kier molecular flexibility index (Phi) is 4.20. The first-order valence-electron chi connectivity index (χ1n) is 6.75. The highest BCUT2D eigenvalue weighted by Crippen LogP contribution is 2.40. The average Bonchev–Trinajstić information content (AvgIpc) is 2.66. The molecule has 1 heterocycles. The fourth-order valence-corrected chi connectivity index (χ4v) is 2.95. The lowest BCUT2D eigenvalue weighted by molar-refractivity contribution is -0.0548. The van der Waals surface area contributed by atoms with Crippen LogP contribution in [0.4, 0.5) is 8.78 Å². The lowest BCUT2D eigenvalue weighted by Crippen LogP contribution is -2.33. The van der Waals surface area contributed by atoms with Crippen LogP contribution in [0.1, 0.15) is 49.4 Å². The fourth-order valence-electron chi connectivity index (χ4n) is 2.95. The van der Waals surface area contributed by atoms with Crippen LogP contribution in [-0.2, 0) is 7.05 Å². The van der Waals surface area contributed by atoms with E-state index >= 15 is 0 Å². The van der Waals surface area contributed by atoms with E-state index in [4.69, 9.17) is 5.84 Å². The van der Waals surface area contributed by atoms with Crippen LogP contribution < -0.4 is 11.3 Å². The molecule has 6 heteroatoms. The van der Waals surface area contributed by atoms with Crippen molar-refractivity contribution in [1.82, 2.24) is 15.2 Å². The minimum Gasteiger partial charge on any atom is -0.273 e. The van der Waals surface area contributed by atoms with Gasteiger partial charge in [0.2, 0.25) is 5.92 Å². The van der Waals surface area contributed by atoms with Crippen molar-refractivity contribution in [3.63, 3.8) is 0 Å². The standard InChI is InChI=1S/C13H22F2N4/c1-9-11(8-17-19(9)2)12(18-16)6-10-4-3-5-13(14,15)7-10/h8,10,12,18H,3-7,16H2,1-2H3. The first-order valence-corrected chi connectivity index (χ1v) is 6.75. The number of nitrogens with zero attached hydrogens (tertiary/aromatic N) is 2. The monoisotopic (exact) mass is 272 g/mol. The first-order chi connectivity index (χ1) is 8.93. The Bertz CT molecular complexity index is 430. The number of aryl methyl sites for hydroxylation is 1. The Labute approximate surface area is 112 Å². The number of hydrogen-bond donors (Lipinski definition) is 2. The van der Waals surface area contributed by atoms with Gasteiger partial charge in [-0.05, 0) is 32.1 Å². The van der Waals surface area contributed by atoms with Gasteiger partial charge in [-0.2, -0.15) is 5.10 Å². The van der Waals surface area contributed by atoms with Gasteiger partial charge in [-0.1, -0.05) is 0 Å². The number of nitrogens with two attached hydrogens (primary N) is 1. The van der Waals surface area contributed by atoms with Crippen LogP contribution >= 0.6 is 0 Å². The lowest BCUT2D eigenvalue weighted by atomic mass is 9.81. The molecule has 1 aliphatic carbocycles. The van der Waals surface area contributed by atoms with Gasteiger partial charge in [0.05, 0.1) is 6.20 Å². The highest BCUT2D eigenvalue weighted by molar-refractivity contribution is 5.20. The zero-order chi connectivity index (χ0) is 14.0. The van der Waals surface area contributed by atoms with Gasteiger partial charge in [0.15, 0.2) is 0 Å². The predicted octanol–water partition coefficient (Wildman–Crippen LogP) is 2.45. The number of alkyl halides is 2. The van der Waals surface area contributed by atoms with E-state index < -0.39 is 5.92 Å². The Morgan fingerprint density at radius 3 is 2.89 bits per heavy atom. The molecule has 0 spiro atoms. The van der Waals surface area contributed by atoms with E-state index in [0.717, 1.165) is 17.7 Å². The van der Waals surface area contributed by atoms with Crippen LogP contribution in [-0.4, -0.2) is 15.7 Å². The first kappa shape index (κ1) is 14.4. The number of nitrogens with one attached hydrogen (secondary N) is 1. The van der Waals surface area contributed by atoms with E-state index in [1.807, 2.05) is 14.0 Å². The Morgan fingerprint density at radius 2 is 2.37 bits per heavy atom. The summed E-state index contributed by atoms with van der Waals surface area (Å²) in [6, 6.07) is -0.104. The van der Waals surface area contributed by atoms with Gasteiger partial charge < -0.3 is 0 Å². The summed E-state index contributed by atoms with van der Waals surface area (Å²) in [5.41, 5.74) is 4.77. The molecule has 0 aromatic carbocycles. The maximum atomic E-state index is 13.4. The van der Waals surface area contributed by atoms with Crippen LogP contribution in [0.25, 0.3) is 0 Å². The van der Waals surface area contributed by atoms with Crippen molar-refractivity contribution in [2.75, 3.05) is 0 Å². The van der Waals surface area contributed by atoms with Gasteiger partial charge in [-0.3, -0.25) is 16.0 Å². The summed E-state index contributed by atoms with van der Waals surface area (Å²) < 4.78 is 28.6. The lowest BCUT2D eigenvalue weighted by Gasteiger charge is -2.31. The zero-order valence-corrected chi connectivity index (χ0v) is 11.5. The molecule has 1 saturated carbocycles. The maximum absolute atomic E-state index is 13.4.